The van der Waals surface area contributed by atoms with Crippen molar-refractivity contribution in [1.29, 1.82) is 0 Å². The van der Waals surface area contributed by atoms with Gasteiger partial charge in [-0.2, -0.15) is 0 Å². The maximum absolute atomic E-state index is 12.6. The van der Waals surface area contributed by atoms with Crippen LogP contribution < -0.4 is 30.1 Å². The van der Waals surface area contributed by atoms with Crippen molar-refractivity contribution in [2.75, 3.05) is 74.1 Å². The Bertz CT molecular complexity index is 1900. The second-order valence-corrected chi connectivity index (χ2v) is 13.1. The smallest absolute Gasteiger partial charge is 0.247 e. The number of piperidine rings is 1. The number of para-hydroxylation sites is 1. The number of nitrogens with zero attached hydrogens (tertiary/aromatic N) is 6. The summed E-state index contributed by atoms with van der Waals surface area (Å²) in [5, 5.41) is 8.19. The molecule has 4 aromatic rings. The molecule has 4 heterocycles. The van der Waals surface area contributed by atoms with E-state index in [4.69, 9.17) is 14.3 Å². The predicted molar refractivity (Wildman–Crippen MR) is 200 cm³/mol. The number of hydrogen-bond donors (Lipinski definition) is 2. The standard InChI is InChI=1S/C39H44N8O5/c1-4-38(48)43-31-22-32(35(50-3)23-34(31)45-16-13-28(14-17-45)46-19-18-44(2)39(49)25-46)42-36-24-37(41-26-40-36)47-33(15-20-51-47)27-9-8-12-30(21-27)52-29-10-6-5-7-11-29/h4-12,21-24,26,28,33H,1,13-20,25H2,2-3H3,(H,43,48)(H,40,41,42)/t33-/m1/s1. The summed E-state index contributed by atoms with van der Waals surface area (Å²) < 4.78 is 12.0. The minimum Gasteiger partial charge on any atom is -0.494 e. The molecular formula is C39H44N8O5. The molecule has 3 fully saturated rings. The molecule has 2 amide bonds. The highest BCUT2D eigenvalue weighted by Gasteiger charge is 2.32. The zero-order valence-corrected chi connectivity index (χ0v) is 29.5. The summed E-state index contributed by atoms with van der Waals surface area (Å²) in [7, 11) is 3.48. The number of rotatable bonds is 11. The lowest BCUT2D eigenvalue weighted by molar-refractivity contribution is -0.135. The fourth-order valence-corrected chi connectivity index (χ4v) is 7.02. The molecule has 1 aromatic heterocycles. The van der Waals surface area contributed by atoms with E-state index in [1.54, 1.807) is 12.0 Å². The average molecular weight is 705 g/mol. The molecule has 0 unspecified atom stereocenters. The van der Waals surface area contributed by atoms with Gasteiger partial charge >= 0.3 is 0 Å². The molecule has 3 aliphatic rings. The van der Waals surface area contributed by atoms with Crippen LogP contribution in [0.5, 0.6) is 17.2 Å². The van der Waals surface area contributed by atoms with Crippen LogP contribution in [0.1, 0.15) is 30.9 Å². The SMILES string of the molecule is C=CC(=O)Nc1cc(Nc2cc(N3OCC[C@@H]3c3cccc(Oc4ccccc4)c3)ncn2)c(OC)cc1N1CCC(N2CCN(C)C(=O)C2)CC1. The van der Waals surface area contributed by atoms with Gasteiger partial charge in [-0.1, -0.05) is 36.9 Å². The number of methoxy groups -OCH3 is 1. The molecule has 13 heteroatoms. The lowest BCUT2D eigenvalue weighted by atomic mass is 10.0. The summed E-state index contributed by atoms with van der Waals surface area (Å²) in [4.78, 5) is 46.5. The van der Waals surface area contributed by atoms with Crippen molar-refractivity contribution in [2.24, 2.45) is 0 Å². The minimum atomic E-state index is -0.317. The predicted octanol–water partition coefficient (Wildman–Crippen LogP) is 5.77. The largest absolute Gasteiger partial charge is 0.494 e. The van der Waals surface area contributed by atoms with Crippen molar-refractivity contribution in [3.05, 3.63) is 97.3 Å². The zero-order valence-electron chi connectivity index (χ0n) is 29.5. The number of hydroxylamine groups is 1. The molecule has 0 radical (unpaired) electrons. The summed E-state index contributed by atoms with van der Waals surface area (Å²) in [6.45, 7) is 7.82. The summed E-state index contributed by atoms with van der Waals surface area (Å²) >= 11 is 0. The van der Waals surface area contributed by atoms with Crippen LogP contribution in [0, 0.1) is 0 Å². The Balaban J connectivity index is 1.09. The Hall–Kier alpha value is -5.66. The van der Waals surface area contributed by atoms with Gasteiger partial charge < -0.3 is 29.9 Å². The van der Waals surface area contributed by atoms with Gasteiger partial charge in [0.25, 0.3) is 0 Å². The third-order valence-corrected chi connectivity index (χ3v) is 9.84. The third kappa shape index (κ3) is 7.80. The number of hydrogen-bond acceptors (Lipinski definition) is 11. The van der Waals surface area contributed by atoms with Crippen molar-refractivity contribution in [1.82, 2.24) is 19.8 Å². The molecule has 0 bridgehead atoms. The van der Waals surface area contributed by atoms with E-state index < -0.39 is 0 Å². The van der Waals surface area contributed by atoms with Crippen molar-refractivity contribution in [3.63, 3.8) is 0 Å². The molecule has 3 saturated heterocycles. The van der Waals surface area contributed by atoms with Gasteiger partial charge in [0.05, 0.1) is 43.4 Å². The number of piperazine rings is 1. The van der Waals surface area contributed by atoms with E-state index in [0.717, 1.165) is 68.2 Å². The highest BCUT2D eigenvalue weighted by atomic mass is 16.7. The normalized spacial score (nSPS) is 18.3. The molecule has 1 atom stereocenters. The Labute approximate surface area is 303 Å². The molecule has 13 nitrogen and oxygen atoms in total. The molecule has 0 aliphatic carbocycles. The van der Waals surface area contributed by atoms with Crippen LogP contribution in [0.15, 0.2) is 91.8 Å². The molecule has 2 N–H and O–H groups in total. The topological polar surface area (TPSA) is 125 Å². The highest BCUT2D eigenvalue weighted by Crippen LogP contribution is 2.41. The number of amides is 2. The Morgan fingerprint density at radius 2 is 1.75 bits per heavy atom. The Kier molecular flexibility index (Phi) is 10.5. The Morgan fingerprint density at radius 1 is 0.942 bits per heavy atom. The van der Waals surface area contributed by atoms with Crippen molar-refractivity contribution in [2.45, 2.75) is 31.3 Å². The number of aromatic nitrogens is 2. The van der Waals surface area contributed by atoms with Gasteiger partial charge in [-0.3, -0.25) is 19.3 Å². The first-order chi connectivity index (χ1) is 25.4. The first kappa shape index (κ1) is 34.8. The summed E-state index contributed by atoms with van der Waals surface area (Å²) in [5.74, 6) is 3.06. The van der Waals surface area contributed by atoms with Gasteiger partial charge in [0.1, 0.15) is 29.4 Å². The van der Waals surface area contributed by atoms with Crippen LogP contribution in [0.4, 0.5) is 28.7 Å². The van der Waals surface area contributed by atoms with Gasteiger partial charge in [-0.05, 0) is 54.8 Å². The van der Waals surface area contributed by atoms with Crippen molar-refractivity contribution >= 4 is 40.5 Å². The monoisotopic (exact) mass is 704 g/mol. The van der Waals surface area contributed by atoms with Gasteiger partial charge in [0, 0.05) is 57.8 Å². The minimum absolute atomic E-state index is 0.0857. The molecule has 0 saturated carbocycles. The maximum Gasteiger partial charge on any atom is 0.247 e. The van der Waals surface area contributed by atoms with Crippen LogP contribution >= 0.6 is 0 Å². The van der Waals surface area contributed by atoms with Crippen LogP contribution in [0.2, 0.25) is 0 Å². The number of benzene rings is 3. The Morgan fingerprint density at radius 3 is 2.52 bits per heavy atom. The summed E-state index contributed by atoms with van der Waals surface area (Å²) in [6.07, 6.45) is 5.33. The molecular weight excluding hydrogens is 660 g/mol. The lowest BCUT2D eigenvalue weighted by Gasteiger charge is -2.42. The van der Waals surface area contributed by atoms with Crippen molar-refractivity contribution in [3.8, 4) is 17.2 Å². The number of ether oxygens (including phenoxy) is 2. The van der Waals surface area contributed by atoms with E-state index >= 15 is 0 Å². The van der Waals surface area contributed by atoms with E-state index in [9.17, 15) is 9.59 Å². The zero-order chi connectivity index (χ0) is 36.0. The third-order valence-electron chi connectivity index (χ3n) is 9.84. The number of carbonyl (C=O) groups is 2. The number of likely N-dealkylation sites (N-methyl/N-ethyl adjacent to an activating group) is 1. The number of anilines is 5. The van der Waals surface area contributed by atoms with Gasteiger partial charge in [0.15, 0.2) is 5.82 Å². The van der Waals surface area contributed by atoms with Gasteiger partial charge in [0.2, 0.25) is 11.8 Å². The number of nitrogens with one attached hydrogen (secondary N) is 2. The number of carbonyl (C=O) groups excluding carboxylic acids is 2. The van der Waals surface area contributed by atoms with E-state index in [0.29, 0.717) is 48.0 Å². The second kappa shape index (κ2) is 15.7. The van der Waals surface area contributed by atoms with E-state index in [1.807, 2.05) is 78.8 Å². The van der Waals surface area contributed by atoms with Crippen molar-refractivity contribution < 1.29 is 23.9 Å². The maximum atomic E-state index is 12.6. The van der Waals surface area contributed by atoms with E-state index in [1.165, 1.54) is 12.4 Å². The summed E-state index contributed by atoms with van der Waals surface area (Å²) in [6, 6.07) is 23.6. The average Bonchev–Trinajstić information content (AvgIpc) is 3.67. The highest BCUT2D eigenvalue weighted by molar-refractivity contribution is 6.02. The van der Waals surface area contributed by atoms with Crippen LogP contribution in [0.3, 0.4) is 0 Å². The molecule has 52 heavy (non-hydrogen) atoms. The first-order valence-electron chi connectivity index (χ1n) is 17.6. The fourth-order valence-electron chi connectivity index (χ4n) is 7.02. The molecule has 270 valence electrons. The van der Waals surface area contributed by atoms with Gasteiger partial charge in [-0.15, -0.1) is 0 Å². The second-order valence-electron chi connectivity index (χ2n) is 13.1. The molecule has 3 aliphatic heterocycles. The summed E-state index contributed by atoms with van der Waals surface area (Å²) in [5.41, 5.74) is 3.13. The van der Waals surface area contributed by atoms with Crippen LogP contribution in [-0.4, -0.2) is 91.1 Å². The van der Waals surface area contributed by atoms with Crippen LogP contribution in [0.25, 0.3) is 0 Å². The van der Waals surface area contributed by atoms with Crippen LogP contribution in [-0.2, 0) is 14.4 Å². The van der Waals surface area contributed by atoms with E-state index in [-0.39, 0.29) is 17.9 Å². The first-order valence-corrected chi connectivity index (χ1v) is 17.6. The molecule has 7 rings (SSSR count). The quantitative estimate of drug-likeness (QED) is 0.185. The van der Waals surface area contributed by atoms with Gasteiger partial charge in [-0.25, -0.2) is 15.0 Å². The van der Waals surface area contributed by atoms with E-state index in [2.05, 4.69) is 43.0 Å². The molecule has 3 aromatic carbocycles. The molecule has 0 spiro atoms. The lowest BCUT2D eigenvalue weighted by Crippen LogP contribution is -2.54. The fraction of sp³-hybridized carbons (Fsp3) is 0.333.